The van der Waals surface area contributed by atoms with Crippen LogP contribution in [-0.2, 0) is 10.0 Å². The maximum atomic E-state index is 12.8. The third kappa shape index (κ3) is 3.32. The van der Waals surface area contributed by atoms with Crippen molar-refractivity contribution in [3.63, 3.8) is 0 Å². The lowest BCUT2D eigenvalue weighted by Gasteiger charge is -2.33. The van der Waals surface area contributed by atoms with Crippen LogP contribution in [0, 0.1) is 0 Å². The second-order valence-electron chi connectivity index (χ2n) is 6.16. The normalized spacial score (nSPS) is 15.8. The zero-order valence-electron chi connectivity index (χ0n) is 14.5. The first-order valence-corrected chi connectivity index (χ1v) is 11.0. The summed E-state index contributed by atoms with van der Waals surface area (Å²) >= 11 is 6.84. The summed E-state index contributed by atoms with van der Waals surface area (Å²) < 4.78 is 28.5. The number of carbonyl (C=O) groups excluding carboxylic acids is 1. The first-order valence-electron chi connectivity index (χ1n) is 8.39. The number of fused-ring (bicyclic) bond motifs is 1. The molecule has 0 aliphatic carbocycles. The highest BCUT2D eigenvalue weighted by atomic mass is 35.5. The Hall–Kier alpha value is -2.27. The van der Waals surface area contributed by atoms with Crippen LogP contribution in [0.1, 0.15) is 10.4 Å². The fourth-order valence-corrected chi connectivity index (χ4v) is 6.10. The molecule has 28 heavy (non-hydrogen) atoms. The van der Waals surface area contributed by atoms with E-state index in [9.17, 15) is 18.0 Å². The minimum atomic E-state index is -3.64. The maximum Gasteiger partial charge on any atom is 0.270 e. The Balaban J connectivity index is 1.52. The molecule has 4 rings (SSSR count). The van der Waals surface area contributed by atoms with Gasteiger partial charge in [-0.25, -0.2) is 13.4 Å². The molecule has 0 N–H and O–H groups in total. The number of nitrogens with zero attached hydrogens (tertiary/aromatic N) is 4. The van der Waals surface area contributed by atoms with Crippen molar-refractivity contribution >= 4 is 44.5 Å². The molecule has 8 nitrogen and oxygen atoms in total. The molecule has 4 heterocycles. The fraction of sp³-hybridized carbons (Fsp3) is 0.235. The van der Waals surface area contributed by atoms with Crippen molar-refractivity contribution < 1.29 is 13.2 Å². The predicted molar refractivity (Wildman–Crippen MR) is 105 cm³/mol. The molecule has 1 aliphatic heterocycles. The third-order valence-corrected chi connectivity index (χ3v) is 8.11. The zero-order chi connectivity index (χ0) is 19.9. The minimum absolute atomic E-state index is 0.0370. The van der Waals surface area contributed by atoms with Gasteiger partial charge in [-0.15, -0.1) is 11.3 Å². The quantitative estimate of drug-likeness (QED) is 0.618. The Morgan fingerprint density at radius 3 is 2.54 bits per heavy atom. The lowest BCUT2D eigenvalue weighted by Crippen LogP contribution is -2.51. The molecular formula is C17H15ClN4O4S2. The number of piperazine rings is 1. The average molecular weight is 439 g/mol. The zero-order valence-corrected chi connectivity index (χ0v) is 16.9. The largest absolute Gasteiger partial charge is 0.336 e. The summed E-state index contributed by atoms with van der Waals surface area (Å²) in [7, 11) is -3.64. The topological polar surface area (TPSA) is 92.1 Å². The van der Waals surface area contributed by atoms with Gasteiger partial charge in [0.1, 0.15) is 15.4 Å². The fourth-order valence-electron chi connectivity index (χ4n) is 3.04. The van der Waals surface area contributed by atoms with Crippen LogP contribution in [0.4, 0.5) is 0 Å². The van der Waals surface area contributed by atoms with Gasteiger partial charge in [0.05, 0.1) is 4.34 Å². The van der Waals surface area contributed by atoms with Crippen LogP contribution in [0.25, 0.3) is 5.65 Å². The predicted octanol–water partition coefficient (Wildman–Crippen LogP) is 1.56. The number of hydrogen-bond acceptors (Lipinski definition) is 6. The first kappa shape index (κ1) is 19.1. The summed E-state index contributed by atoms with van der Waals surface area (Å²) in [5.74, 6) is -0.452. The smallest absolute Gasteiger partial charge is 0.270 e. The molecule has 0 aromatic carbocycles. The van der Waals surface area contributed by atoms with Gasteiger partial charge in [0.2, 0.25) is 0 Å². The molecule has 0 spiro atoms. The summed E-state index contributed by atoms with van der Waals surface area (Å²) in [5, 5.41) is 0. The Labute approximate surface area is 169 Å². The van der Waals surface area contributed by atoms with Crippen molar-refractivity contribution in [1.29, 1.82) is 0 Å². The molecule has 146 valence electrons. The van der Waals surface area contributed by atoms with Crippen molar-refractivity contribution in [2.75, 3.05) is 26.2 Å². The molecule has 0 saturated carbocycles. The van der Waals surface area contributed by atoms with E-state index in [2.05, 4.69) is 4.98 Å². The standard InChI is InChI=1S/C17H15ClN4O4S2/c18-13-4-5-15(27-13)28(25,26)21-9-7-20(8-10-21)16(23)12-11-19-14-3-1-2-6-22(14)17(12)24/h1-6,11H,7-10H2. The molecule has 11 heteroatoms. The summed E-state index contributed by atoms with van der Waals surface area (Å²) in [6.07, 6.45) is 2.83. The van der Waals surface area contributed by atoms with Crippen LogP contribution in [0.2, 0.25) is 4.34 Å². The van der Waals surface area contributed by atoms with Crippen LogP contribution in [0.15, 0.2) is 51.7 Å². The van der Waals surface area contributed by atoms with Crippen LogP contribution < -0.4 is 5.56 Å². The van der Waals surface area contributed by atoms with Gasteiger partial charge in [0.15, 0.2) is 0 Å². The average Bonchev–Trinajstić information content (AvgIpc) is 3.15. The van der Waals surface area contributed by atoms with Gasteiger partial charge in [-0.1, -0.05) is 17.7 Å². The molecule has 1 aliphatic rings. The summed E-state index contributed by atoms with van der Waals surface area (Å²) in [4.78, 5) is 31.0. The number of amides is 1. The third-order valence-electron chi connectivity index (χ3n) is 4.51. The Morgan fingerprint density at radius 2 is 1.86 bits per heavy atom. The Bertz CT molecular complexity index is 1210. The van der Waals surface area contributed by atoms with E-state index in [4.69, 9.17) is 11.6 Å². The van der Waals surface area contributed by atoms with Gasteiger partial charge in [-0.3, -0.25) is 14.0 Å². The molecule has 0 bridgehead atoms. The molecular weight excluding hydrogens is 424 g/mol. The van der Waals surface area contributed by atoms with Crippen molar-refractivity contribution in [3.05, 3.63) is 63.0 Å². The molecule has 0 atom stereocenters. The molecule has 0 radical (unpaired) electrons. The highest BCUT2D eigenvalue weighted by molar-refractivity contribution is 7.91. The minimum Gasteiger partial charge on any atom is -0.336 e. The molecule has 3 aromatic rings. The van der Waals surface area contributed by atoms with Gasteiger partial charge >= 0.3 is 0 Å². The number of carbonyl (C=O) groups is 1. The van der Waals surface area contributed by atoms with Crippen molar-refractivity contribution in [3.8, 4) is 0 Å². The number of halogens is 1. The van der Waals surface area contributed by atoms with E-state index in [0.29, 0.717) is 9.98 Å². The van der Waals surface area contributed by atoms with Gasteiger partial charge in [-0.05, 0) is 24.3 Å². The van der Waals surface area contributed by atoms with E-state index in [1.165, 1.54) is 25.9 Å². The second kappa shape index (κ2) is 7.28. The van der Waals surface area contributed by atoms with Crippen molar-refractivity contribution in [2.24, 2.45) is 0 Å². The highest BCUT2D eigenvalue weighted by Crippen LogP contribution is 2.28. The van der Waals surface area contributed by atoms with E-state index < -0.39 is 21.5 Å². The number of aromatic nitrogens is 2. The lowest BCUT2D eigenvalue weighted by atomic mass is 10.2. The molecule has 1 fully saturated rings. The highest BCUT2D eigenvalue weighted by Gasteiger charge is 2.32. The van der Waals surface area contributed by atoms with E-state index in [1.807, 2.05) is 0 Å². The summed E-state index contributed by atoms with van der Waals surface area (Å²) in [6.45, 7) is 0.667. The number of sulfonamides is 1. The number of pyridine rings is 1. The number of hydrogen-bond donors (Lipinski definition) is 0. The monoisotopic (exact) mass is 438 g/mol. The van der Waals surface area contributed by atoms with Crippen molar-refractivity contribution in [1.82, 2.24) is 18.6 Å². The summed E-state index contributed by atoms with van der Waals surface area (Å²) in [6, 6.07) is 8.13. The van der Waals surface area contributed by atoms with Gasteiger partial charge in [0.25, 0.3) is 21.5 Å². The lowest BCUT2D eigenvalue weighted by molar-refractivity contribution is 0.0695. The van der Waals surface area contributed by atoms with E-state index in [0.717, 1.165) is 11.3 Å². The second-order valence-corrected chi connectivity index (χ2v) is 10.0. The van der Waals surface area contributed by atoms with E-state index in [-0.39, 0.29) is 36.0 Å². The summed E-state index contributed by atoms with van der Waals surface area (Å²) in [5.41, 5.74) is -0.0292. The van der Waals surface area contributed by atoms with Crippen molar-refractivity contribution in [2.45, 2.75) is 4.21 Å². The van der Waals surface area contributed by atoms with Gasteiger partial charge in [0, 0.05) is 38.6 Å². The Kier molecular flexibility index (Phi) is 4.96. The number of rotatable bonds is 3. The Morgan fingerprint density at radius 1 is 1.11 bits per heavy atom. The van der Waals surface area contributed by atoms with Crippen LogP contribution in [0.5, 0.6) is 0 Å². The van der Waals surface area contributed by atoms with Crippen LogP contribution in [0.3, 0.4) is 0 Å². The van der Waals surface area contributed by atoms with Gasteiger partial charge in [-0.2, -0.15) is 4.31 Å². The first-order chi connectivity index (χ1) is 13.4. The SMILES string of the molecule is O=C(c1cnc2ccccn2c1=O)N1CCN(S(=O)(=O)c2ccc(Cl)s2)CC1. The maximum absolute atomic E-state index is 12.8. The number of thiophene rings is 1. The molecule has 1 amide bonds. The van der Waals surface area contributed by atoms with E-state index >= 15 is 0 Å². The van der Waals surface area contributed by atoms with Crippen LogP contribution in [-0.4, -0.2) is 59.1 Å². The van der Waals surface area contributed by atoms with E-state index in [1.54, 1.807) is 30.5 Å². The molecule has 1 saturated heterocycles. The molecule has 0 unspecified atom stereocenters. The van der Waals surface area contributed by atoms with Crippen LogP contribution >= 0.6 is 22.9 Å². The molecule has 3 aromatic heterocycles. The van der Waals surface area contributed by atoms with Gasteiger partial charge < -0.3 is 4.90 Å².